The average Bonchev–Trinajstić information content (AvgIpc) is 0.792. The summed E-state index contributed by atoms with van der Waals surface area (Å²) in [5.41, 5.74) is 0. The maximum atomic E-state index is 14.4. The smallest absolute Gasteiger partial charge is 0.306 e. The molecule has 25 nitrogen and oxygen atoms in total. The Labute approximate surface area is 564 Å². The lowest BCUT2D eigenvalue weighted by atomic mass is 9.95. The number of esters is 3. The van der Waals surface area contributed by atoms with Crippen LogP contribution in [0.15, 0.2) is 0 Å². The molecule has 6 aliphatic rings. The Hall–Kier alpha value is -2.35. The van der Waals surface area contributed by atoms with Gasteiger partial charge in [-0.2, -0.15) is 0 Å². The number of hydrogen-bond donors (Lipinski definition) is 9. The van der Waals surface area contributed by atoms with E-state index in [-0.39, 0.29) is 25.4 Å². The number of fused-ring (bicyclic) bond motifs is 2. The second-order valence-electron chi connectivity index (χ2n) is 27.7. The predicted molar refractivity (Wildman–Crippen MR) is 345 cm³/mol. The van der Waals surface area contributed by atoms with Crippen LogP contribution in [0.25, 0.3) is 0 Å². The Morgan fingerprint density at radius 2 is 0.863 bits per heavy atom. The van der Waals surface area contributed by atoms with Gasteiger partial charge in [-0.15, -0.1) is 0 Å². The second-order valence-corrected chi connectivity index (χ2v) is 27.7. The SMILES string of the molecule is CCCCCCCCCCCC(=O)O[C@@H]1[C@@H](O)[C@@H](O)[C@H](O[C@@H]2[C@@H](O[C@@H]3O[C@H](CO)[C@@H](O)[C@H](O)[C@H]3O)[C@@H](OC(=O)CCCCCCCCCCC)[C@H](O[C@@H]3[C@@H](O)[C@H]4OC(=O)CCCCCCCCCC(CCCCC)O[C@@H]5O[C@H](C)[C@H](O)[C@H](O)[C@H]5O[C@@H]4O[C@H]3C)O[C@H]2C)O[C@H]1C. The number of carbonyl (C=O) groups excluding carboxylic acids is 3. The molecule has 6 aliphatic heterocycles. The highest BCUT2D eigenvalue weighted by atomic mass is 16.8. The normalized spacial score (nSPS) is 38.8. The molecule has 95 heavy (non-hydrogen) atoms. The highest BCUT2D eigenvalue weighted by Crippen LogP contribution is 2.40. The molecule has 6 heterocycles. The fourth-order valence-corrected chi connectivity index (χ4v) is 13.7. The van der Waals surface area contributed by atoms with Gasteiger partial charge in [0.15, 0.2) is 49.8 Å². The molecule has 0 amide bonds. The van der Waals surface area contributed by atoms with Crippen molar-refractivity contribution in [2.24, 2.45) is 0 Å². The third kappa shape index (κ3) is 25.3. The van der Waals surface area contributed by atoms with Crippen molar-refractivity contribution in [2.75, 3.05) is 6.61 Å². The van der Waals surface area contributed by atoms with E-state index >= 15 is 0 Å². The van der Waals surface area contributed by atoms with E-state index in [2.05, 4.69) is 20.8 Å². The highest BCUT2D eigenvalue weighted by molar-refractivity contribution is 5.70. The summed E-state index contributed by atoms with van der Waals surface area (Å²) in [6.45, 7) is 11.8. The zero-order valence-corrected chi connectivity index (χ0v) is 58.1. The first-order valence-corrected chi connectivity index (χ1v) is 36.9. The third-order valence-corrected chi connectivity index (χ3v) is 19.7. The van der Waals surface area contributed by atoms with Crippen LogP contribution in [-0.4, -0.2) is 230 Å². The fraction of sp³-hybridized carbons (Fsp3) is 0.957. The standard InChI is InChI=1S/C70H124O25/c1-8-11-14-16-18-20-24-28-33-38-48(72)89-59-43(5)84-66(57(81)55(59)79)93-61-45(7)86-70(65(91-50(74)40-35-29-25-21-19-17-15-12-9-2)64(61)95-67-56(80)53(77)52(76)47(41-71)88-67)92-60-44(6)85-69-63(58(60)82)90-49(73)39-34-30-26-22-23-27-32-37-46(36-31-13-10-3)87-68-62(94-69)54(78)51(75)42(4)83-68/h42-47,51-71,75-82H,8-41H2,1-7H3/t42-,43+,44+,45+,46?,47-,51+,52-,53+,54+,55+,56-,57-,58-,59+,60+,61+,62-,63-,64-,65-,66+,67+,68+,69+,70+/m1/s1. The Morgan fingerprint density at radius 3 is 1.46 bits per heavy atom. The first kappa shape index (κ1) is 81.6. The number of ether oxygens (including phenoxy) is 13. The van der Waals surface area contributed by atoms with E-state index in [1.807, 2.05) is 0 Å². The van der Waals surface area contributed by atoms with E-state index < -0.39 is 178 Å². The average molecular weight is 1370 g/mol. The van der Waals surface area contributed by atoms with Crippen molar-refractivity contribution >= 4 is 17.9 Å². The van der Waals surface area contributed by atoms with Gasteiger partial charge >= 0.3 is 17.9 Å². The van der Waals surface area contributed by atoms with Gasteiger partial charge in [0.1, 0.15) is 79.4 Å². The van der Waals surface area contributed by atoms with Crippen LogP contribution in [0, 0.1) is 0 Å². The maximum absolute atomic E-state index is 14.4. The van der Waals surface area contributed by atoms with Gasteiger partial charge in [0.05, 0.1) is 37.1 Å². The van der Waals surface area contributed by atoms with Crippen LogP contribution < -0.4 is 0 Å². The monoisotopic (exact) mass is 1360 g/mol. The molecule has 1 unspecified atom stereocenters. The minimum Gasteiger partial charge on any atom is -0.457 e. The summed E-state index contributed by atoms with van der Waals surface area (Å²) in [6.07, 6.45) is -11.9. The minimum absolute atomic E-state index is 0.0351. The van der Waals surface area contributed by atoms with Crippen LogP contribution in [0.3, 0.4) is 0 Å². The van der Waals surface area contributed by atoms with Crippen LogP contribution in [0.1, 0.15) is 260 Å². The van der Waals surface area contributed by atoms with Crippen molar-refractivity contribution in [3.63, 3.8) is 0 Å². The molecule has 25 heteroatoms. The Morgan fingerprint density at radius 1 is 0.400 bits per heavy atom. The topological polar surface area (TPSA) is 353 Å². The summed E-state index contributed by atoms with van der Waals surface area (Å²) in [5.74, 6) is -2.06. The molecule has 0 aromatic rings. The number of rotatable bonds is 33. The van der Waals surface area contributed by atoms with E-state index in [9.17, 15) is 60.3 Å². The predicted octanol–water partition coefficient (Wildman–Crippen LogP) is 7.18. The van der Waals surface area contributed by atoms with Gasteiger partial charge in [0.25, 0.3) is 0 Å². The van der Waals surface area contributed by atoms with Gasteiger partial charge in [-0.1, -0.05) is 181 Å². The quantitative estimate of drug-likeness (QED) is 0.0178. The number of carbonyl (C=O) groups is 3. The van der Waals surface area contributed by atoms with E-state index in [0.717, 1.165) is 128 Å². The van der Waals surface area contributed by atoms with Crippen molar-refractivity contribution < 1.29 is 122 Å². The molecule has 0 saturated carbocycles. The van der Waals surface area contributed by atoms with Gasteiger partial charge in [-0.25, -0.2) is 0 Å². The van der Waals surface area contributed by atoms with Gasteiger partial charge in [0.2, 0.25) is 0 Å². The number of aliphatic hydroxyl groups excluding tert-OH is 9. The molecule has 0 aromatic heterocycles. The Bertz CT molecular complexity index is 2110. The highest BCUT2D eigenvalue weighted by Gasteiger charge is 2.59. The van der Waals surface area contributed by atoms with Crippen LogP contribution >= 0.6 is 0 Å². The Kier molecular flexibility index (Phi) is 37.3. The molecule has 6 saturated heterocycles. The molecule has 0 bridgehead atoms. The molecule has 26 atom stereocenters. The van der Waals surface area contributed by atoms with Gasteiger partial charge in [0, 0.05) is 19.3 Å². The summed E-state index contributed by atoms with van der Waals surface area (Å²) in [4.78, 5) is 41.6. The fourth-order valence-electron chi connectivity index (χ4n) is 13.7. The van der Waals surface area contributed by atoms with Gasteiger partial charge in [-0.05, 0) is 59.8 Å². The number of aliphatic hydroxyl groups is 9. The molecule has 0 radical (unpaired) electrons. The van der Waals surface area contributed by atoms with Crippen molar-refractivity contribution in [1.82, 2.24) is 0 Å². The molecular weight excluding hydrogens is 1240 g/mol. The summed E-state index contributed by atoms with van der Waals surface area (Å²) >= 11 is 0. The molecule has 9 N–H and O–H groups in total. The molecule has 554 valence electrons. The summed E-state index contributed by atoms with van der Waals surface area (Å²) in [6, 6.07) is 0. The van der Waals surface area contributed by atoms with Crippen molar-refractivity contribution in [3.05, 3.63) is 0 Å². The molecule has 0 spiro atoms. The molecule has 6 fully saturated rings. The first-order valence-electron chi connectivity index (χ1n) is 36.9. The zero-order chi connectivity index (χ0) is 69.0. The molecule has 0 aromatic carbocycles. The Balaban J connectivity index is 1.31. The van der Waals surface area contributed by atoms with E-state index in [1.54, 1.807) is 6.92 Å². The molecule has 6 rings (SSSR count). The largest absolute Gasteiger partial charge is 0.457 e. The van der Waals surface area contributed by atoms with E-state index in [1.165, 1.54) is 46.5 Å². The summed E-state index contributed by atoms with van der Waals surface area (Å²) < 4.78 is 82.7. The maximum Gasteiger partial charge on any atom is 0.306 e. The van der Waals surface area contributed by atoms with Crippen LogP contribution in [0.4, 0.5) is 0 Å². The summed E-state index contributed by atoms with van der Waals surface area (Å²) in [5, 5.41) is 103. The molecule has 0 aliphatic carbocycles. The van der Waals surface area contributed by atoms with Crippen LogP contribution in [0.5, 0.6) is 0 Å². The van der Waals surface area contributed by atoms with Crippen molar-refractivity contribution in [2.45, 2.75) is 420 Å². The molecular formula is C70H124O25. The number of unbranched alkanes of at least 4 members (excludes halogenated alkanes) is 18. The number of hydrogen-bond acceptors (Lipinski definition) is 25. The van der Waals surface area contributed by atoms with E-state index in [0.29, 0.717) is 38.5 Å². The second kappa shape index (κ2) is 43.5. The van der Waals surface area contributed by atoms with Crippen molar-refractivity contribution in [3.8, 4) is 0 Å². The van der Waals surface area contributed by atoms with E-state index in [4.69, 9.17) is 61.6 Å². The summed E-state index contributed by atoms with van der Waals surface area (Å²) in [7, 11) is 0. The van der Waals surface area contributed by atoms with Crippen LogP contribution in [-0.2, 0) is 76.0 Å². The third-order valence-electron chi connectivity index (χ3n) is 19.7. The first-order chi connectivity index (χ1) is 45.7. The van der Waals surface area contributed by atoms with Gasteiger partial charge in [-0.3, -0.25) is 14.4 Å². The van der Waals surface area contributed by atoms with Crippen molar-refractivity contribution in [1.29, 1.82) is 0 Å². The minimum atomic E-state index is -2.01. The zero-order valence-electron chi connectivity index (χ0n) is 58.1. The van der Waals surface area contributed by atoms with Gasteiger partial charge < -0.3 is 108 Å². The van der Waals surface area contributed by atoms with Crippen LogP contribution in [0.2, 0.25) is 0 Å². The lowest BCUT2D eigenvalue weighted by molar-refractivity contribution is -0.400. The lowest BCUT2D eigenvalue weighted by Crippen LogP contribution is -2.68. The lowest BCUT2D eigenvalue weighted by Gasteiger charge is -2.51.